The average molecular weight is 269 g/mol. The highest BCUT2D eigenvalue weighted by Crippen LogP contribution is 2.37. The molecule has 1 aromatic heterocycles. The van der Waals surface area contributed by atoms with Gasteiger partial charge in [-0.3, -0.25) is 0 Å². The Labute approximate surface area is 118 Å². The van der Waals surface area contributed by atoms with Crippen molar-refractivity contribution in [2.45, 2.75) is 18.9 Å². The number of ether oxygens (including phenoxy) is 1. The number of nitrogens with one attached hydrogen (secondary N) is 1. The van der Waals surface area contributed by atoms with E-state index in [0.29, 0.717) is 6.10 Å². The zero-order valence-corrected chi connectivity index (χ0v) is 11.4. The van der Waals surface area contributed by atoms with E-state index in [1.54, 1.807) is 6.20 Å². The molecule has 1 saturated heterocycles. The van der Waals surface area contributed by atoms with E-state index in [9.17, 15) is 0 Å². The minimum atomic E-state index is 0.351. The zero-order valence-electron chi connectivity index (χ0n) is 11.4. The Morgan fingerprint density at radius 1 is 1.10 bits per heavy atom. The van der Waals surface area contributed by atoms with Gasteiger partial charge in [-0.15, -0.1) is 0 Å². The topological polar surface area (TPSA) is 39.1 Å². The molecule has 104 valence electrons. The molecule has 0 bridgehead atoms. The molecule has 2 heterocycles. The molecule has 1 N–H and O–H groups in total. The van der Waals surface area contributed by atoms with Gasteiger partial charge in [-0.2, -0.15) is 5.10 Å². The highest BCUT2D eigenvalue weighted by atomic mass is 16.5. The lowest BCUT2D eigenvalue weighted by atomic mass is 10.0. The fraction of sp³-hybridized carbons (Fsp3) is 0.438. The summed E-state index contributed by atoms with van der Waals surface area (Å²) in [4.78, 5) is 0. The molecule has 1 aliphatic carbocycles. The predicted molar refractivity (Wildman–Crippen MR) is 77.1 cm³/mol. The average Bonchev–Trinajstić information content (AvgIpc) is 3.15. The van der Waals surface area contributed by atoms with Gasteiger partial charge in [0.15, 0.2) is 0 Å². The van der Waals surface area contributed by atoms with E-state index in [4.69, 9.17) is 4.74 Å². The second-order valence-electron chi connectivity index (χ2n) is 5.81. The minimum Gasteiger partial charge on any atom is -0.488 e. The summed E-state index contributed by atoms with van der Waals surface area (Å²) in [5, 5.41) is 7.78. The molecule has 0 amide bonds. The van der Waals surface area contributed by atoms with Crippen molar-refractivity contribution in [3.8, 4) is 11.4 Å². The molecule has 3 atom stereocenters. The van der Waals surface area contributed by atoms with Crippen LogP contribution in [0.4, 0.5) is 0 Å². The lowest BCUT2D eigenvalue weighted by Crippen LogP contribution is -2.19. The van der Waals surface area contributed by atoms with Gasteiger partial charge < -0.3 is 10.1 Å². The summed E-state index contributed by atoms with van der Waals surface area (Å²) < 4.78 is 8.15. The number of hydrogen-bond donors (Lipinski definition) is 1. The molecule has 1 aromatic carbocycles. The first-order chi connectivity index (χ1) is 9.90. The van der Waals surface area contributed by atoms with E-state index < -0.39 is 0 Å². The van der Waals surface area contributed by atoms with Gasteiger partial charge >= 0.3 is 0 Å². The van der Waals surface area contributed by atoms with Crippen LogP contribution in [0.5, 0.6) is 5.75 Å². The van der Waals surface area contributed by atoms with Gasteiger partial charge in [0.05, 0.1) is 6.10 Å². The summed E-state index contributed by atoms with van der Waals surface area (Å²) in [6, 6.07) is 10.1. The van der Waals surface area contributed by atoms with Crippen molar-refractivity contribution >= 4 is 0 Å². The van der Waals surface area contributed by atoms with Crippen molar-refractivity contribution in [1.29, 1.82) is 0 Å². The van der Waals surface area contributed by atoms with Gasteiger partial charge in [0.1, 0.15) is 11.4 Å². The maximum Gasteiger partial charge on any atom is 0.145 e. The Morgan fingerprint density at radius 3 is 2.65 bits per heavy atom. The molecule has 20 heavy (non-hydrogen) atoms. The van der Waals surface area contributed by atoms with Crippen LogP contribution >= 0.6 is 0 Å². The smallest absolute Gasteiger partial charge is 0.145 e. The second-order valence-corrected chi connectivity index (χ2v) is 5.81. The van der Waals surface area contributed by atoms with Crippen molar-refractivity contribution in [2.75, 3.05) is 13.1 Å². The number of para-hydroxylation sites is 2. The third kappa shape index (κ3) is 2.10. The number of aromatic nitrogens is 2. The van der Waals surface area contributed by atoms with Crippen LogP contribution in [0.1, 0.15) is 12.8 Å². The van der Waals surface area contributed by atoms with Crippen LogP contribution < -0.4 is 10.1 Å². The lowest BCUT2D eigenvalue weighted by Gasteiger charge is -2.17. The first-order valence-corrected chi connectivity index (χ1v) is 7.36. The lowest BCUT2D eigenvalue weighted by molar-refractivity contribution is 0.198. The van der Waals surface area contributed by atoms with Gasteiger partial charge in [0.2, 0.25) is 0 Å². The molecule has 1 saturated carbocycles. The quantitative estimate of drug-likeness (QED) is 0.929. The van der Waals surface area contributed by atoms with E-state index in [1.165, 1.54) is 12.8 Å². The van der Waals surface area contributed by atoms with Crippen LogP contribution in [0.15, 0.2) is 42.7 Å². The number of hydrogen-bond acceptors (Lipinski definition) is 3. The molecular formula is C16H19N3O. The molecule has 2 fully saturated rings. The molecular weight excluding hydrogens is 250 g/mol. The summed E-state index contributed by atoms with van der Waals surface area (Å²) >= 11 is 0. The van der Waals surface area contributed by atoms with E-state index in [2.05, 4.69) is 16.5 Å². The molecule has 4 heteroatoms. The highest BCUT2D eigenvalue weighted by Gasteiger charge is 2.38. The maximum atomic E-state index is 6.28. The van der Waals surface area contributed by atoms with Gasteiger partial charge in [-0.1, -0.05) is 12.1 Å². The molecule has 0 radical (unpaired) electrons. The molecule has 0 unspecified atom stereocenters. The molecule has 2 aliphatic rings. The number of fused-ring (bicyclic) bond motifs is 1. The van der Waals surface area contributed by atoms with Crippen LogP contribution in [0.3, 0.4) is 0 Å². The fourth-order valence-corrected chi connectivity index (χ4v) is 3.54. The van der Waals surface area contributed by atoms with Crippen LogP contribution in [-0.2, 0) is 0 Å². The minimum absolute atomic E-state index is 0.351. The van der Waals surface area contributed by atoms with Crippen molar-refractivity contribution in [1.82, 2.24) is 15.1 Å². The van der Waals surface area contributed by atoms with Crippen LogP contribution in [0, 0.1) is 11.8 Å². The summed E-state index contributed by atoms with van der Waals surface area (Å²) in [6.07, 6.45) is 6.44. The molecule has 0 spiro atoms. The fourth-order valence-electron chi connectivity index (χ4n) is 3.54. The van der Waals surface area contributed by atoms with E-state index >= 15 is 0 Å². The van der Waals surface area contributed by atoms with Crippen LogP contribution in [-0.4, -0.2) is 29.0 Å². The van der Waals surface area contributed by atoms with Gasteiger partial charge in [0, 0.05) is 12.4 Å². The third-order valence-corrected chi connectivity index (χ3v) is 4.52. The van der Waals surface area contributed by atoms with Crippen molar-refractivity contribution in [3.05, 3.63) is 42.7 Å². The van der Waals surface area contributed by atoms with Gasteiger partial charge in [0.25, 0.3) is 0 Å². The predicted octanol–water partition coefficient (Wildman–Crippen LogP) is 2.25. The number of nitrogens with zero attached hydrogens (tertiary/aromatic N) is 2. The van der Waals surface area contributed by atoms with Crippen LogP contribution in [0.2, 0.25) is 0 Å². The largest absolute Gasteiger partial charge is 0.488 e. The van der Waals surface area contributed by atoms with Gasteiger partial charge in [-0.25, -0.2) is 4.68 Å². The Morgan fingerprint density at radius 2 is 1.90 bits per heavy atom. The summed E-state index contributed by atoms with van der Waals surface area (Å²) in [5.74, 6) is 2.54. The molecule has 4 rings (SSSR count). The Kier molecular flexibility index (Phi) is 2.96. The van der Waals surface area contributed by atoms with E-state index in [1.807, 2.05) is 35.1 Å². The Balaban J connectivity index is 1.55. The highest BCUT2D eigenvalue weighted by molar-refractivity contribution is 5.45. The monoisotopic (exact) mass is 269 g/mol. The first-order valence-electron chi connectivity index (χ1n) is 7.36. The zero-order chi connectivity index (χ0) is 13.4. The van der Waals surface area contributed by atoms with E-state index in [-0.39, 0.29) is 0 Å². The van der Waals surface area contributed by atoms with Crippen LogP contribution in [0.25, 0.3) is 5.69 Å². The second kappa shape index (κ2) is 4.94. The molecule has 4 nitrogen and oxygen atoms in total. The number of benzene rings is 1. The summed E-state index contributed by atoms with van der Waals surface area (Å²) in [6.45, 7) is 2.32. The summed E-state index contributed by atoms with van der Waals surface area (Å²) in [7, 11) is 0. The third-order valence-electron chi connectivity index (χ3n) is 4.52. The van der Waals surface area contributed by atoms with Crippen molar-refractivity contribution < 1.29 is 4.74 Å². The normalized spacial score (nSPS) is 28.5. The standard InChI is InChI=1S/C16H19N3O/c1-2-5-16(15(4-1)19-7-3-6-18-19)20-14-8-12-10-17-11-13(12)9-14/h1-7,12-14,17H,8-11H2/t12-,13+,14-. The van der Waals surface area contributed by atoms with Crippen molar-refractivity contribution in [2.24, 2.45) is 11.8 Å². The Bertz CT molecular complexity index is 569. The Hall–Kier alpha value is -1.81. The molecule has 1 aliphatic heterocycles. The van der Waals surface area contributed by atoms with Gasteiger partial charge in [-0.05, 0) is 56.0 Å². The SMILES string of the molecule is c1ccc(-n2cccn2)c(O[C@H]2C[C@H]3CNC[C@H]3C2)c1. The summed E-state index contributed by atoms with van der Waals surface area (Å²) in [5.41, 5.74) is 1.02. The molecule has 2 aromatic rings. The maximum absolute atomic E-state index is 6.28. The first kappa shape index (κ1) is 12.0. The number of rotatable bonds is 3. The van der Waals surface area contributed by atoms with Crippen molar-refractivity contribution in [3.63, 3.8) is 0 Å². The van der Waals surface area contributed by atoms with E-state index in [0.717, 1.165) is 36.4 Å².